The van der Waals surface area contributed by atoms with Crippen molar-refractivity contribution in [1.29, 1.82) is 0 Å². The first-order valence-electron chi connectivity index (χ1n) is 11.5. The van der Waals surface area contributed by atoms with E-state index in [2.05, 4.69) is 0 Å². The molecule has 3 heterocycles. The van der Waals surface area contributed by atoms with E-state index < -0.39 is 5.63 Å². The molecular weight excluding hydrogens is 468 g/mol. The molecule has 7 nitrogen and oxygen atoms in total. The maximum absolute atomic E-state index is 13.0. The minimum atomic E-state index is -0.526. The van der Waals surface area contributed by atoms with Crippen LogP contribution in [0.3, 0.4) is 0 Å². The molecule has 0 atom stereocenters. The number of primary amides is 1. The number of furan rings is 1. The second kappa shape index (κ2) is 8.89. The molecule has 0 bridgehead atoms. The van der Waals surface area contributed by atoms with Crippen molar-refractivity contribution >= 4 is 45.4 Å². The molecule has 2 aromatic heterocycles. The monoisotopic (exact) mass is 492 g/mol. The van der Waals surface area contributed by atoms with Gasteiger partial charge in [0.15, 0.2) is 0 Å². The molecule has 2 aromatic carbocycles. The van der Waals surface area contributed by atoms with Crippen molar-refractivity contribution in [3.63, 3.8) is 0 Å². The molecule has 1 fully saturated rings. The van der Waals surface area contributed by atoms with E-state index in [-0.39, 0.29) is 24.2 Å². The van der Waals surface area contributed by atoms with E-state index in [0.717, 1.165) is 27.5 Å². The summed E-state index contributed by atoms with van der Waals surface area (Å²) in [5, 5.41) is 2.30. The fourth-order valence-corrected chi connectivity index (χ4v) is 5.06. The molecule has 2 N–H and O–H groups in total. The first-order chi connectivity index (χ1) is 16.7. The van der Waals surface area contributed by atoms with Crippen LogP contribution in [0.25, 0.3) is 33.1 Å². The molecule has 1 aliphatic heterocycles. The van der Waals surface area contributed by atoms with Crippen molar-refractivity contribution in [3.05, 3.63) is 68.7 Å². The predicted octanol–water partition coefficient (Wildman–Crippen LogP) is 4.74. The number of nitrogens with two attached hydrogens (primary N) is 1. The Morgan fingerprint density at radius 3 is 2.40 bits per heavy atom. The Hall–Kier alpha value is -3.58. The maximum Gasteiger partial charge on any atom is 0.340 e. The Morgan fingerprint density at radius 2 is 1.74 bits per heavy atom. The summed E-state index contributed by atoms with van der Waals surface area (Å²) in [6.45, 7) is 4.59. The standard InChI is InChI=1S/C27H25ClN2O5/c1-14-19-11-21-22(16-3-5-18(28)6-4-16)13-34-24(21)15(2)25(19)35-27(33)20(14)12-23(31)30-9-7-17(8-10-30)26(29)32/h3-6,11,13,17H,7-10,12H2,1-2H3,(H2,29,32). The lowest BCUT2D eigenvalue weighted by molar-refractivity contribution is -0.134. The fraction of sp³-hybridized carbons (Fsp3) is 0.296. The van der Waals surface area contributed by atoms with Crippen molar-refractivity contribution in [2.24, 2.45) is 11.7 Å². The van der Waals surface area contributed by atoms with Crippen molar-refractivity contribution in [1.82, 2.24) is 4.90 Å². The smallest absolute Gasteiger partial charge is 0.340 e. The number of halogens is 1. The number of carbonyl (C=O) groups excluding carboxylic acids is 2. The fourth-order valence-electron chi connectivity index (χ4n) is 4.93. The van der Waals surface area contributed by atoms with Crippen LogP contribution in [0, 0.1) is 19.8 Å². The van der Waals surface area contributed by atoms with Crippen molar-refractivity contribution < 1.29 is 18.4 Å². The van der Waals surface area contributed by atoms with Crippen molar-refractivity contribution in [2.75, 3.05) is 13.1 Å². The molecule has 4 aromatic rings. The van der Waals surface area contributed by atoms with Crippen LogP contribution in [0.15, 0.2) is 50.2 Å². The predicted molar refractivity (Wildman–Crippen MR) is 134 cm³/mol. The van der Waals surface area contributed by atoms with Crippen LogP contribution in [-0.2, 0) is 16.0 Å². The van der Waals surface area contributed by atoms with E-state index in [4.69, 9.17) is 26.2 Å². The zero-order chi connectivity index (χ0) is 24.9. The van der Waals surface area contributed by atoms with Crippen LogP contribution >= 0.6 is 11.6 Å². The van der Waals surface area contributed by atoms with Crippen LogP contribution in [-0.4, -0.2) is 29.8 Å². The second-order valence-electron chi connectivity index (χ2n) is 9.14. The number of aryl methyl sites for hydroxylation is 2. The van der Waals surface area contributed by atoms with E-state index >= 15 is 0 Å². The van der Waals surface area contributed by atoms with E-state index in [9.17, 15) is 14.4 Å². The highest BCUT2D eigenvalue weighted by molar-refractivity contribution is 6.30. The highest BCUT2D eigenvalue weighted by Gasteiger charge is 2.27. The number of benzene rings is 2. The summed E-state index contributed by atoms with van der Waals surface area (Å²) in [5.41, 5.74) is 9.61. The molecule has 2 amide bonds. The maximum atomic E-state index is 13.0. The van der Waals surface area contributed by atoms with Gasteiger partial charge in [0.2, 0.25) is 11.8 Å². The lowest BCUT2D eigenvalue weighted by atomic mass is 9.95. The molecule has 0 unspecified atom stereocenters. The van der Waals surface area contributed by atoms with Gasteiger partial charge in [0, 0.05) is 45.9 Å². The SMILES string of the molecule is Cc1c(CC(=O)N2CCC(C(N)=O)CC2)c(=O)oc2c(C)c3occ(-c4ccc(Cl)cc4)c3cc12. The summed E-state index contributed by atoms with van der Waals surface area (Å²) >= 11 is 6.05. The highest BCUT2D eigenvalue weighted by Crippen LogP contribution is 2.37. The Balaban J connectivity index is 1.53. The van der Waals surface area contributed by atoms with Gasteiger partial charge in [-0.3, -0.25) is 9.59 Å². The minimum absolute atomic E-state index is 0.0577. The Morgan fingerprint density at radius 1 is 1.06 bits per heavy atom. The number of likely N-dealkylation sites (tertiary alicyclic amines) is 1. The van der Waals surface area contributed by atoms with Gasteiger partial charge in [-0.15, -0.1) is 0 Å². The van der Waals surface area contributed by atoms with Gasteiger partial charge in [0.05, 0.1) is 18.2 Å². The van der Waals surface area contributed by atoms with Gasteiger partial charge in [0.1, 0.15) is 11.2 Å². The molecule has 5 rings (SSSR count). The quantitative estimate of drug-likeness (QED) is 0.414. The third-order valence-corrected chi connectivity index (χ3v) is 7.33. The molecule has 1 aliphatic rings. The summed E-state index contributed by atoms with van der Waals surface area (Å²) in [7, 11) is 0. The first-order valence-corrected chi connectivity index (χ1v) is 11.9. The lowest BCUT2D eigenvalue weighted by Crippen LogP contribution is -2.42. The summed E-state index contributed by atoms with van der Waals surface area (Å²) in [6, 6.07) is 9.45. The van der Waals surface area contributed by atoms with Crippen LogP contribution in [0.4, 0.5) is 0 Å². The van der Waals surface area contributed by atoms with Crippen LogP contribution in [0.2, 0.25) is 5.02 Å². The number of nitrogens with zero attached hydrogens (tertiary/aromatic N) is 1. The van der Waals surface area contributed by atoms with Gasteiger partial charge in [-0.2, -0.15) is 0 Å². The first kappa shape index (κ1) is 23.2. The summed E-state index contributed by atoms with van der Waals surface area (Å²) in [5.74, 6) is -0.700. The molecule has 0 radical (unpaired) electrons. The number of hydrogen-bond acceptors (Lipinski definition) is 5. The third-order valence-electron chi connectivity index (χ3n) is 7.08. The van der Waals surface area contributed by atoms with E-state index in [1.165, 1.54) is 0 Å². The molecule has 180 valence electrons. The molecule has 0 spiro atoms. The second-order valence-corrected chi connectivity index (χ2v) is 9.57. The van der Waals surface area contributed by atoms with Gasteiger partial charge in [0.25, 0.3) is 0 Å². The van der Waals surface area contributed by atoms with Gasteiger partial charge in [-0.1, -0.05) is 23.7 Å². The number of carbonyl (C=O) groups is 2. The molecule has 35 heavy (non-hydrogen) atoms. The topological polar surface area (TPSA) is 107 Å². The number of piperidine rings is 1. The van der Waals surface area contributed by atoms with Gasteiger partial charge < -0.3 is 19.5 Å². The average Bonchev–Trinajstić information content (AvgIpc) is 3.27. The van der Waals surface area contributed by atoms with Crippen LogP contribution < -0.4 is 11.4 Å². The summed E-state index contributed by atoms with van der Waals surface area (Å²) in [4.78, 5) is 39.0. The number of hydrogen-bond donors (Lipinski definition) is 1. The zero-order valence-electron chi connectivity index (χ0n) is 19.5. The van der Waals surface area contributed by atoms with Crippen molar-refractivity contribution in [2.45, 2.75) is 33.1 Å². The third kappa shape index (κ3) is 4.10. The molecule has 0 saturated carbocycles. The minimum Gasteiger partial charge on any atom is -0.463 e. The van der Waals surface area contributed by atoms with Crippen molar-refractivity contribution in [3.8, 4) is 11.1 Å². The Kier molecular flexibility index (Phi) is 5.89. The number of fused-ring (bicyclic) bond motifs is 2. The Bertz CT molecular complexity index is 1530. The van der Waals surface area contributed by atoms with E-state index in [0.29, 0.717) is 53.2 Å². The van der Waals surface area contributed by atoms with Crippen LogP contribution in [0.1, 0.15) is 29.5 Å². The number of amides is 2. The van der Waals surface area contributed by atoms with Gasteiger partial charge in [-0.05, 0) is 56.0 Å². The molecule has 8 heteroatoms. The van der Waals surface area contributed by atoms with E-state index in [1.54, 1.807) is 11.2 Å². The zero-order valence-corrected chi connectivity index (χ0v) is 20.3. The average molecular weight is 493 g/mol. The Labute approximate surface area is 206 Å². The lowest BCUT2D eigenvalue weighted by Gasteiger charge is -2.30. The largest absolute Gasteiger partial charge is 0.463 e. The molecule has 1 saturated heterocycles. The van der Waals surface area contributed by atoms with Gasteiger partial charge >= 0.3 is 5.63 Å². The van der Waals surface area contributed by atoms with E-state index in [1.807, 2.05) is 44.2 Å². The highest BCUT2D eigenvalue weighted by atomic mass is 35.5. The summed E-state index contributed by atoms with van der Waals surface area (Å²) < 4.78 is 11.6. The molecular formula is C27H25ClN2O5. The van der Waals surface area contributed by atoms with Crippen LogP contribution in [0.5, 0.6) is 0 Å². The van der Waals surface area contributed by atoms with Gasteiger partial charge in [-0.25, -0.2) is 4.79 Å². The summed E-state index contributed by atoms with van der Waals surface area (Å²) in [6.07, 6.45) is 2.71. The number of rotatable bonds is 4. The normalized spacial score (nSPS) is 14.7. The molecule has 0 aliphatic carbocycles.